The van der Waals surface area contributed by atoms with Gasteiger partial charge < -0.3 is 10.6 Å². The summed E-state index contributed by atoms with van der Waals surface area (Å²) in [5.74, 6) is 3.15. The van der Waals surface area contributed by atoms with E-state index in [0.29, 0.717) is 11.6 Å². The number of hydrogen-bond donors (Lipinski definition) is 2. The fourth-order valence-corrected chi connectivity index (χ4v) is 6.88. The molecule has 0 unspecified atom stereocenters. The molecule has 0 atom stereocenters. The fourth-order valence-electron chi connectivity index (χ4n) is 6.88. The van der Waals surface area contributed by atoms with Gasteiger partial charge in [0.2, 0.25) is 11.6 Å². The number of nitrogens with one attached hydrogen (secondary N) is 2. The number of hydrogen-bond acceptors (Lipinski definition) is 6. The second kappa shape index (κ2) is 7.16. The normalized spacial score (nSPS) is 34.8. The quantitative estimate of drug-likeness (QED) is 0.425. The van der Waals surface area contributed by atoms with Crippen LogP contribution in [-0.4, -0.2) is 26.5 Å². The molecule has 0 radical (unpaired) electrons. The van der Waals surface area contributed by atoms with Crippen molar-refractivity contribution in [2.75, 3.05) is 10.6 Å². The van der Waals surface area contributed by atoms with E-state index in [2.05, 4.69) is 20.6 Å². The van der Waals surface area contributed by atoms with Gasteiger partial charge in [-0.25, -0.2) is 9.97 Å². The molecule has 0 aliphatic heterocycles. The summed E-state index contributed by atoms with van der Waals surface area (Å²) in [5, 5.41) is 19.0. The predicted molar refractivity (Wildman–Crippen MR) is 108 cm³/mol. The Labute approximate surface area is 166 Å². The largest absolute Gasteiger partial charge is 0.361 e. The maximum Gasteiger partial charge on any atom is 0.353 e. The first-order chi connectivity index (χ1) is 13.6. The lowest BCUT2D eigenvalue weighted by Crippen LogP contribution is -2.55. The molecule has 152 valence electrons. The molecule has 2 N–H and O–H groups in total. The van der Waals surface area contributed by atoms with Crippen molar-refractivity contribution in [2.45, 2.75) is 88.6 Å². The number of aromatic nitrogens is 2. The Bertz CT molecular complexity index is 709. The molecule has 5 aliphatic carbocycles. The van der Waals surface area contributed by atoms with Gasteiger partial charge in [-0.15, -0.1) is 0 Å². The third kappa shape index (κ3) is 3.44. The van der Waals surface area contributed by atoms with Crippen molar-refractivity contribution in [3.8, 4) is 0 Å². The molecule has 0 amide bonds. The summed E-state index contributed by atoms with van der Waals surface area (Å²) in [7, 11) is 0. The van der Waals surface area contributed by atoms with Crippen molar-refractivity contribution in [1.82, 2.24) is 9.97 Å². The first-order valence-electron chi connectivity index (χ1n) is 11.1. The number of nitro groups is 1. The maximum atomic E-state index is 12.0. The van der Waals surface area contributed by atoms with E-state index >= 15 is 0 Å². The summed E-state index contributed by atoms with van der Waals surface area (Å²) in [6, 6.07) is 0.267. The monoisotopic (exact) mass is 385 g/mol. The number of rotatable bonds is 5. The van der Waals surface area contributed by atoms with Crippen LogP contribution in [0.2, 0.25) is 0 Å². The van der Waals surface area contributed by atoms with E-state index in [9.17, 15) is 10.1 Å². The smallest absolute Gasteiger partial charge is 0.353 e. The second-order valence-corrected chi connectivity index (χ2v) is 9.83. The van der Waals surface area contributed by atoms with Gasteiger partial charge in [0.25, 0.3) is 0 Å². The Morgan fingerprint density at radius 2 is 1.50 bits per heavy atom. The summed E-state index contributed by atoms with van der Waals surface area (Å²) in [5.41, 5.74) is 0.0236. The molecule has 4 bridgehead atoms. The lowest BCUT2D eigenvalue weighted by molar-refractivity contribution is -0.383. The molecule has 5 fully saturated rings. The first-order valence-corrected chi connectivity index (χ1v) is 11.1. The average Bonchev–Trinajstić information content (AvgIpc) is 2.89. The molecule has 5 saturated carbocycles. The van der Waals surface area contributed by atoms with Crippen LogP contribution >= 0.6 is 0 Å². The highest BCUT2D eigenvalue weighted by atomic mass is 16.6. The van der Waals surface area contributed by atoms with Crippen molar-refractivity contribution in [2.24, 2.45) is 17.8 Å². The minimum Gasteiger partial charge on any atom is -0.361 e. The standard InChI is InChI=1S/C21H31N5O2/c27-26(28)18-19(24-17-5-3-1-2-4-6-17)22-13-23-20(18)25-21-10-14-7-15(11-21)9-16(8-14)12-21/h13-17H,1-12H2,(H2,22,23,24,25). The molecule has 7 heteroatoms. The van der Waals surface area contributed by atoms with Crippen LogP contribution in [0.3, 0.4) is 0 Å². The Kier molecular flexibility index (Phi) is 4.63. The van der Waals surface area contributed by atoms with Gasteiger partial charge in [-0.05, 0) is 69.1 Å². The van der Waals surface area contributed by atoms with Crippen LogP contribution in [0.5, 0.6) is 0 Å². The average molecular weight is 386 g/mol. The minimum atomic E-state index is -0.304. The first kappa shape index (κ1) is 18.1. The van der Waals surface area contributed by atoms with Crippen molar-refractivity contribution >= 4 is 17.3 Å². The van der Waals surface area contributed by atoms with Crippen molar-refractivity contribution in [1.29, 1.82) is 0 Å². The summed E-state index contributed by atoms with van der Waals surface area (Å²) in [6.45, 7) is 0. The van der Waals surface area contributed by atoms with Gasteiger partial charge in [0.05, 0.1) is 4.92 Å². The van der Waals surface area contributed by atoms with E-state index in [4.69, 9.17) is 0 Å². The number of nitrogens with zero attached hydrogens (tertiary/aromatic N) is 3. The van der Waals surface area contributed by atoms with Gasteiger partial charge in [-0.1, -0.05) is 25.7 Å². The molecule has 5 aliphatic rings. The third-order valence-electron chi connectivity index (χ3n) is 7.62. The van der Waals surface area contributed by atoms with Gasteiger partial charge in [0.1, 0.15) is 6.33 Å². The van der Waals surface area contributed by atoms with Crippen LogP contribution in [0.15, 0.2) is 6.33 Å². The Balaban J connectivity index is 1.41. The minimum absolute atomic E-state index is 0.00650. The summed E-state index contributed by atoms with van der Waals surface area (Å²) >= 11 is 0. The van der Waals surface area contributed by atoms with Gasteiger partial charge in [-0.2, -0.15) is 0 Å². The van der Waals surface area contributed by atoms with Gasteiger partial charge in [-0.3, -0.25) is 10.1 Å². The van der Waals surface area contributed by atoms with E-state index < -0.39 is 0 Å². The molecule has 7 nitrogen and oxygen atoms in total. The lowest BCUT2D eigenvalue weighted by atomic mass is 9.53. The molecule has 1 heterocycles. The highest BCUT2D eigenvalue weighted by molar-refractivity contribution is 5.70. The molecule has 1 aromatic heterocycles. The zero-order valence-electron chi connectivity index (χ0n) is 16.5. The molecule has 0 saturated heterocycles. The van der Waals surface area contributed by atoms with Crippen LogP contribution in [0.4, 0.5) is 17.3 Å². The van der Waals surface area contributed by atoms with Crippen LogP contribution in [-0.2, 0) is 0 Å². The highest BCUT2D eigenvalue weighted by Gasteiger charge is 2.51. The van der Waals surface area contributed by atoms with Crippen LogP contribution in [0, 0.1) is 27.9 Å². The number of anilines is 2. The van der Waals surface area contributed by atoms with Crippen LogP contribution < -0.4 is 10.6 Å². The van der Waals surface area contributed by atoms with Gasteiger partial charge in [0, 0.05) is 11.6 Å². The fraction of sp³-hybridized carbons (Fsp3) is 0.810. The third-order valence-corrected chi connectivity index (χ3v) is 7.62. The van der Waals surface area contributed by atoms with E-state index in [1.807, 2.05) is 0 Å². The molecule has 1 aromatic rings. The van der Waals surface area contributed by atoms with E-state index in [-0.39, 0.29) is 22.2 Å². The summed E-state index contributed by atoms with van der Waals surface area (Å²) in [4.78, 5) is 20.3. The molecular formula is C21H31N5O2. The van der Waals surface area contributed by atoms with Crippen molar-refractivity contribution < 1.29 is 4.92 Å². The molecule has 6 rings (SSSR count). The zero-order chi connectivity index (χ0) is 19.1. The van der Waals surface area contributed by atoms with Crippen molar-refractivity contribution in [3.05, 3.63) is 16.4 Å². The zero-order valence-corrected chi connectivity index (χ0v) is 16.5. The lowest BCUT2D eigenvalue weighted by Gasteiger charge is -2.57. The second-order valence-electron chi connectivity index (χ2n) is 9.83. The molecule has 0 aromatic carbocycles. The van der Waals surface area contributed by atoms with Gasteiger partial charge in [0.15, 0.2) is 0 Å². The SMILES string of the molecule is O=[N+]([O-])c1c(NC2CCCCCC2)ncnc1NC12CC3CC(CC(C3)C1)C2. The maximum absolute atomic E-state index is 12.0. The summed E-state index contributed by atoms with van der Waals surface area (Å²) in [6.07, 6.45) is 15.9. The molecule has 0 spiro atoms. The van der Waals surface area contributed by atoms with Gasteiger partial charge >= 0.3 is 5.69 Å². The van der Waals surface area contributed by atoms with E-state index in [1.165, 1.54) is 51.3 Å². The predicted octanol–water partition coefficient (Wildman–Crippen LogP) is 4.90. The molecule has 28 heavy (non-hydrogen) atoms. The van der Waals surface area contributed by atoms with Crippen LogP contribution in [0.1, 0.15) is 77.0 Å². The van der Waals surface area contributed by atoms with Crippen LogP contribution in [0.25, 0.3) is 0 Å². The Morgan fingerprint density at radius 3 is 2.07 bits per heavy atom. The Hall–Kier alpha value is -1.92. The topological polar surface area (TPSA) is 93.0 Å². The van der Waals surface area contributed by atoms with E-state index in [0.717, 1.165) is 49.9 Å². The highest BCUT2D eigenvalue weighted by Crippen LogP contribution is 2.57. The van der Waals surface area contributed by atoms with Crippen molar-refractivity contribution in [3.63, 3.8) is 0 Å². The molecular weight excluding hydrogens is 354 g/mol. The Morgan fingerprint density at radius 1 is 0.929 bits per heavy atom. The summed E-state index contributed by atoms with van der Waals surface area (Å²) < 4.78 is 0. The van der Waals surface area contributed by atoms with E-state index in [1.54, 1.807) is 0 Å².